The van der Waals surface area contributed by atoms with Gasteiger partial charge in [-0.1, -0.05) is 18.2 Å². The maximum Gasteiger partial charge on any atom is 0.419 e. The zero-order valence-electron chi connectivity index (χ0n) is 21.8. The van der Waals surface area contributed by atoms with Crippen molar-refractivity contribution in [3.63, 3.8) is 0 Å². The van der Waals surface area contributed by atoms with Crippen molar-refractivity contribution in [2.45, 2.75) is 44.4 Å². The number of nitriles is 1. The number of hydrogen-bond acceptors (Lipinski definition) is 7. The third-order valence-electron chi connectivity index (χ3n) is 6.41. The van der Waals surface area contributed by atoms with E-state index in [9.17, 15) is 19.6 Å². The van der Waals surface area contributed by atoms with E-state index in [1.54, 1.807) is 58.2 Å². The van der Waals surface area contributed by atoms with Crippen LogP contribution in [-0.4, -0.2) is 58.9 Å². The van der Waals surface area contributed by atoms with E-state index in [1.165, 1.54) is 22.6 Å². The molecule has 1 aliphatic heterocycles. The summed E-state index contributed by atoms with van der Waals surface area (Å²) >= 11 is 0. The van der Waals surface area contributed by atoms with Crippen molar-refractivity contribution in [2.75, 3.05) is 20.2 Å². The van der Waals surface area contributed by atoms with Gasteiger partial charge in [0.25, 0.3) is 5.91 Å². The SMILES string of the molecule is COC1(C(=O)N[C@H](C#N)Cc2ccc(-c3ccc4oc(=O)n(C)c4c3)cc2F)CN(C(=O)OC(C)(C)C)C1. The minimum absolute atomic E-state index is 0.0297. The van der Waals surface area contributed by atoms with Crippen LogP contribution in [0, 0.1) is 17.1 Å². The molecule has 2 heterocycles. The van der Waals surface area contributed by atoms with Crippen molar-refractivity contribution in [2.24, 2.45) is 7.05 Å². The summed E-state index contributed by atoms with van der Waals surface area (Å²) in [6.07, 6.45) is -0.634. The molecule has 1 fully saturated rings. The van der Waals surface area contributed by atoms with Crippen LogP contribution in [0.2, 0.25) is 0 Å². The number of carbonyl (C=O) groups excluding carboxylic acids is 2. The lowest BCUT2D eigenvalue weighted by molar-refractivity contribution is -0.164. The number of rotatable bonds is 6. The highest BCUT2D eigenvalue weighted by atomic mass is 19.1. The first kappa shape index (κ1) is 26.9. The van der Waals surface area contributed by atoms with Gasteiger partial charge >= 0.3 is 11.8 Å². The molecule has 11 heteroatoms. The van der Waals surface area contributed by atoms with Crippen LogP contribution in [0.3, 0.4) is 0 Å². The van der Waals surface area contributed by atoms with Gasteiger partial charge in [-0.05, 0) is 55.7 Å². The van der Waals surface area contributed by atoms with Crippen LogP contribution in [0.5, 0.6) is 0 Å². The van der Waals surface area contributed by atoms with Crippen molar-refractivity contribution in [3.8, 4) is 17.2 Å². The van der Waals surface area contributed by atoms with Gasteiger partial charge in [0.15, 0.2) is 11.2 Å². The number of amides is 2. The molecule has 2 amide bonds. The zero-order chi connectivity index (χ0) is 27.8. The second-order valence-electron chi connectivity index (χ2n) is 10.3. The third kappa shape index (κ3) is 5.26. The second kappa shape index (κ2) is 9.95. The summed E-state index contributed by atoms with van der Waals surface area (Å²) in [4.78, 5) is 38.3. The predicted molar refractivity (Wildman–Crippen MR) is 136 cm³/mol. The molecule has 0 saturated carbocycles. The van der Waals surface area contributed by atoms with Crippen LogP contribution >= 0.6 is 0 Å². The maximum absolute atomic E-state index is 15.0. The summed E-state index contributed by atoms with van der Waals surface area (Å²) in [6.45, 7) is 5.17. The molecule has 0 unspecified atom stereocenters. The van der Waals surface area contributed by atoms with Gasteiger partial charge in [-0.3, -0.25) is 9.36 Å². The van der Waals surface area contributed by atoms with E-state index in [0.717, 1.165) is 0 Å². The number of likely N-dealkylation sites (tertiary alicyclic amines) is 1. The Kier molecular flexibility index (Phi) is 7.04. The van der Waals surface area contributed by atoms with E-state index in [4.69, 9.17) is 13.9 Å². The Labute approximate surface area is 218 Å². The van der Waals surface area contributed by atoms with E-state index in [2.05, 4.69) is 5.32 Å². The van der Waals surface area contributed by atoms with Crippen LogP contribution in [0.15, 0.2) is 45.6 Å². The number of nitrogens with one attached hydrogen (secondary N) is 1. The Morgan fingerprint density at radius 3 is 2.47 bits per heavy atom. The summed E-state index contributed by atoms with van der Waals surface area (Å²) in [5.41, 5.74) is 0.520. The van der Waals surface area contributed by atoms with Crippen molar-refractivity contribution in [3.05, 3.63) is 58.3 Å². The second-order valence-corrected chi connectivity index (χ2v) is 10.3. The molecule has 1 aliphatic rings. The lowest BCUT2D eigenvalue weighted by Crippen LogP contribution is -2.71. The Morgan fingerprint density at radius 2 is 1.87 bits per heavy atom. The minimum Gasteiger partial charge on any atom is -0.444 e. The topological polar surface area (TPSA) is 127 Å². The summed E-state index contributed by atoms with van der Waals surface area (Å²) in [7, 11) is 2.94. The molecule has 0 aliphatic carbocycles. The Bertz CT molecular complexity index is 1490. The molecule has 3 aromatic rings. The monoisotopic (exact) mass is 524 g/mol. The van der Waals surface area contributed by atoms with E-state index in [0.29, 0.717) is 22.2 Å². The molecule has 2 aromatic carbocycles. The number of oxazole rings is 1. The van der Waals surface area contributed by atoms with E-state index in [-0.39, 0.29) is 25.1 Å². The van der Waals surface area contributed by atoms with Crippen LogP contribution < -0.4 is 11.1 Å². The van der Waals surface area contributed by atoms with Crippen LogP contribution in [-0.2, 0) is 27.7 Å². The van der Waals surface area contributed by atoms with Gasteiger partial charge in [0, 0.05) is 20.6 Å². The van der Waals surface area contributed by atoms with Crippen LogP contribution in [0.1, 0.15) is 26.3 Å². The normalized spacial score (nSPS) is 15.4. The molecular weight excluding hydrogens is 495 g/mol. The zero-order valence-corrected chi connectivity index (χ0v) is 21.8. The number of nitrogens with zero attached hydrogens (tertiary/aromatic N) is 3. The lowest BCUT2D eigenvalue weighted by Gasteiger charge is -2.47. The highest BCUT2D eigenvalue weighted by molar-refractivity contribution is 5.89. The lowest BCUT2D eigenvalue weighted by atomic mass is 9.92. The van der Waals surface area contributed by atoms with Gasteiger partial charge in [-0.25, -0.2) is 14.0 Å². The number of fused-ring (bicyclic) bond motifs is 1. The summed E-state index contributed by atoms with van der Waals surface area (Å²) < 4.78 is 32.2. The highest BCUT2D eigenvalue weighted by Crippen LogP contribution is 2.28. The minimum atomic E-state index is -1.32. The van der Waals surface area contributed by atoms with Gasteiger partial charge < -0.3 is 24.1 Å². The standard InChI is InChI=1S/C27H29FN4O6/c1-26(2,3)38-25(35)32-14-27(15-32,36-5)23(33)30-19(13-29)10-18-7-6-16(11-20(18)28)17-8-9-22-21(12-17)31(4)24(34)37-22/h6-9,11-12,19H,10,14-15H2,1-5H3,(H,30,33)/t19-/m0/s1. The Balaban J connectivity index is 1.43. The molecule has 1 atom stereocenters. The summed E-state index contributed by atoms with van der Waals surface area (Å²) in [5, 5.41) is 12.2. The van der Waals surface area contributed by atoms with Crippen molar-refractivity contribution in [1.82, 2.24) is 14.8 Å². The van der Waals surface area contributed by atoms with Crippen molar-refractivity contribution < 1.29 is 27.9 Å². The Hall–Kier alpha value is -4.17. The molecular formula is C27H29FN4O6. The molecule has 1 N–H and O–H groups in total. The average molecular weight is 525 g/mol. The van der Waals surface area contributed by atoms with E-state index in [1.807, 2.05) is 6.07 Å². The fourth-order valence-corrected chi connectivity index (χ4v) is 4.23. The van der Waals surface area contributed by atoms with E-state index < -0.39 is 40.8 Å². The molecule has 10 nitrogen and oxygen atoms in total. The number of benzene rings is 2. The third-order valence-corrected chi connectivity index (χ3v) is 6.41. The molecule has 0 bridgehead atoms. The number of halogens is 1. The first-order valence-electron chi connectivity index (χ1n) is 12.0. The van der Waals surface area contributed by atoms with Crippen LogP contribution in [0.4, 0.5) is 9.18 Å². The van der Waals surface area contributed by atoms with Gasteiger partial charge in [-0.2, -0.15) is 5.26 Å². The molecule has 4 rings (SSSR count). The first-order chi connectivity index (χ1) is 17.9. The number of aromatic nitrogens is 1. The summed E-state index contributed by atoms with van der Waals surface area (Å²) in [5.74, 6) is -1.60. The molecule has 1 saturated heterocycles. The predicted octanol–water partition coefficient (Wildman–Crippen LogP) is 3.12. The number of aryl methyl sites for hydroxylation is 1. The number of hydrogen-bond donors (Lipinski definition) is 1. The smallest absolute Gasteiger partial charge is 0.419 e. The largest absolute Gasteiger partial charge is 0.444 e. The molecule has 1 aromatic heterocycles. The fourth-order valence-electron chi connectivity index (χ4n) is 4.23. The molecule has 0 spiro atoms. The summed E-state index contributed by atoms with van der Waals surface area (Å²) in [6, 6.07) is 10.7. The van der Waals surface area contributed by atoms with Crippen LogP contribution in [0.25, 0.3) is 22.2 Å². The van der Waals surface area contributed by atoms with Gasteiger partial charge in [-0.15, -0.1) is 0 Å². The van der Waals surface area contributed by atoms with E-state index >= 15 is 4.39 Å². The molecule has 200 valence electrons. The number of methoxy groups -OCH3 is 1. The number of ether oxygens (including phenoxy) is 2. The van der Waals surface area contributed by atoms with Gasteiger partial charge in [0.05, 0.1) is 24.7 Å². The highest BCUT2D eigenvalue weighted by Gasteiger charge is 2.53. The Morgan fingerprint density at radius 1 is 1.21 bits per heavy atom. The quantitative estimate of drug-likeness (QED) is 0.525. The maximum atomic E-state index is 15.0. The fraction of sp³-hybridized carbons (Fsp3) is 0.407. The average Bonchev–Trinajstić information content (AvgIpc) is 3.11. The van der Waals surface area contributed by atoms with Gasteiger partial charge in [0.1, 0.15) is 17.5 Å². The van der Waals surface area contributed by atoms with Crippen molar-refractivity contribution in [1.29, 1.82) is 5.26 Å². The van der Waals surface area contributed by atoms with Gasteiger partial charge in [0.2, 0.25) is 0 Å². The molecule has 38 heavy (non-hydrogen) atoms. The first-order valence-corrected chi connectivity index (χ1v) is 12.0. The molecule has 0 radical (unpaired) electrons. The number of carbonyl (C=O) groups is 2. The van der Waals surface area contributed by atoms with Crippen molar-refractivity contribution >= 4 is 23.1 Å².